The molecule has 4 aliphatic rings. The second kappa shape index (κ2) is 3.97. The summed E-state index contributed by atoms with van der Waals surface area (Å²) in [6.07, 6.45) is 5.53. The fraction of sp³-hybridized carbons (Fsp3) is 0.600. The summed E-state index contributed by atoms with van der Waals surface area (Å²) in [6.45, 7) is 0.996. The molecule has 0 aromatic carbocycles. The average molecular weight is 299 g/mol. The quantitative estimate of drug-likeness (QED) is 0.764. The number of carbonyl (C=O) groups excluding carboxylic acids is 2. The molecule has 2 aliphatic carbocycles. The van der Waals surface area contributed by atoms with Crippen molar-refractivity contribution in [2.45, 2.75) is 43.6 Å². The smallest absolute Gasteiger partial charge is 0.322 e. The number of anilines is 1. The SMILES string of the molecule is O=C1NC(=O)C2(CN(c3nc(C4CC4)nc4c3CCC4)C2)N1. The Morgan fingerprint density at radius 3 is 2.64 bits per heavy atom. The molecule has 7 nitrogen and oxygen atoms in total. The van der Waals surface area contributed by atoms with Crippen LogP contribution in [0, 0.1) is 0 Å². The van der Waals surface area contributed by atoms with Crippen LogP contribution in [0.4, 0.5) is 10.6 Å². The molecule has 0 radical (unpaired) electrons. The highest BCUT2D eigenvalue weighted by atomic mass is 16.2. The van der Waals surface area contributed by atoms with Gasteiger partial charge in [-0.25, -0.2) is 14.8 Å². The third-order valence-corrected chi connectivity index (χ3v) is 5.11. The Hall–Kier alpha value is -2.18. The van der Waals surface area contributed by atoms with Crippen LogP contribution in [0.3, 0.4) is 0 Å². The predicted molar refractivity (Wildman–Crippen MR) is 77.7 cm³/mol. The molecule has 114 valence electrons. The molecule has 1 aromatic heterocycles. The highest BCUT2D eigenvalue weighted by Gasteiger charge is 2.55. The van der Waals surface area contributed by atoms with Gasteiger partial charge in [0.25, 0.3) is 5.91 Å². The van der Waals surface area contributed by atoms with Crippen molar-refractivity contribution in [1.29, 1.82) is 0 Å². The summed E-state index contributed by atoms with van der Waals surface area (Å²) in [4.78, 5) is 34.9. The van der Waals surface area contributed by atoms with Crippen LogP contribution < -0.4 is 15.5 Å². The van der Waals surface area contributed by atoms with E-state index in [1.165, 1.54) is 24.1 Å². The minimum absolute atomic E-state index is 0.220. The zero-order chi connectivity index (χ0) is 14.9. The largest absolute Gasteiger partial charge is 0.350 e. The van der Waals surface area contributed by atoms with E-state index in [9.17, 15) is 9.59 Å². The first kappa shape index (κ1) is 12.4. The monoisotopic (exact) mass is 299 g/mol. The zero-order valence-corrected chi connectivity index (χ0v) is 12.2. The fourth-order valence-electron chi connectivity index (χ4n) is 3.72. The number of nitrogens with zero attached hydrogens (tertiary/aromatic N) is 3. The number of amides is 3. The topological polar surface area (TPSA) is 87.2 Å². The van der Waals surface area contributed by atoms with Crippen molar-refractivity contribution >= 4 is 17.8 Å². The van der Waals surface area contributed by atoms with E-state index < -0.39 is 11.6 Å². The Bertz CT molecular complexity index is 706. The number of urea groups is 1. The van der Waals surface area contributed by atoms with Crippen LogP contribution in [-0.4, -0.2) is 40.5 Å². The number of hydrogen-bond donors (Lipinski definition) is 2. The van der Waals surface area contributed by atoms with Gasteiger partial charge in [-0.1, -0.05) is 0 Å². The van der Waals surface area contributed by atoms with Crippen LogP contribution in [0.2, 0.25) is 0 Å². The van der Waals surface area contributed by atoms with Gasteiger partial charge in [-0.2, -0.15) is 0 Å². The molecule has 22 heavy (non-hydrogen) atoms. The Balaban J connectivity index is 1.47. The number of hydrogen-bond acceptors (Lipinski definition) is 5. The summed E-state index contributed by atoms with van der Waals surface area (Å²) < 4.78 is 0. The summed E-state index contributed by atoms with van der Waals surface area (Å²) >= 11 is 0. The second-order valence-electron chi connectivity index (χ2n) is 6.80. The number of aryl methyl sites for hydroxylation is 1. The molecule has 0 bridgehead atoms. The van der Waals surface area contributed by atoms with E-state index >= 15 is 0 Å². The van der Waals surface area contributed by atoms with Gasteiger partial charge in [0.05, 0.1) is 13.1 Å². The van der Waals surface area contributed by atoms with Gasteiger partial charge in [0.15, 0.2) is 5.54 Å². The molecule has 3 amide bonds. The molecule has 2 aliphatic heterocycles. The molecule has 3 heterocycles. The van der Waals surface area contributed by atoms with Crippen molar-refractivity contribution in [1.82, 2.24) is 20.6 Å². The lowest BCUT2D eigenvalue weighted by Gasteiger charge is -2.46. The number of rotatable bonds is 2. The molecule has 3 fully saturated rings. The maximum atomic E-state index is 11.9. The minimum Gasteiger partial charge on any atom is -0.350 e. The van der Waals surface area contributed by atoms with Gasteiger partial charge in [-0.3, -0.25) is 10.1 Å². The number of nitrogens with one attached hydrogen (secondary N) is 2. The summed E-state index contributed by atoms with van der Waals surface area (Å²) in [5.41, 5.74) is 1.67. The Kier molecular flexibility index (Phi) is 2.23. The van der Waals surface area contributed by atoms with E-state index in [-0.39, 0.29) is 5.91 Å². The lowest BCUT2D eigenvalue weighted by molar-refractivity contribution is -0.124. The van der Waals surface area contributed by atoms with Gasteiger partial charge in [0.1, 0.15) is 11.6 Å². The highest BCUT2D eigenvalue weighted by molar-refractivity contribution is 6.08. The molecule has 0 unspecified atom stereocenters. The Morgan fingerprint density at radius 2 is 1.95 bits per heavy atom. The van der Waals surface area contributed by atoms with E-state index in [0.29, 0.717) is 19.0 Å². The zero-order valence-electron chi connectivity index (χ0n) is 12.2. The van der Waals surface area contributed by atoms with Crippen LogP contribution in [0.25, 0.3) is 0 Å². The molecule has 1 spiro atoms. The molecular weight excluding hydrogens is 282 g/mol. The third kappa shape index (κ3) is 1.62. The molecular formula is C15H17N5O2. The van der Waals surface area contributed by atoms with Gasteiger partial charge in [0.2, 0.25) is 0 Å². The molecule has 7 heteroatoms. The minimum atomic E-state index is -0.757. The maximum absolute atomic E-state index is 11.9. The van der Waals surface area contributed by atoms with Crippen LogP contribution in [-0.2, 0) is 17.6 Å². The van der Waals surface area contributed by atoms with E-state index in [4.69, 9.17) is 9.97 Å². The normalized spacial score (nSPS) is 25.0. The fourth-order valence-corrected chi connectivity index (χ4v) is 3.72. The first-order valence-corrected chi connectivity index (χ1v) is 7.93. The summed E-state index contributed by atoms with van der Waals surface area (Å²) in [6, 6.07) is -0.392. The second-order valence-corrected chi connectivity index (χ2v) is 6.80. The molecule has 2 N–H and O–H groups in total. The summed E-state index contributed by atoms with van der Waals surface area (Å²) in [5, 5.41) is 5.07. The van der Waals surface area contributed by atoms with Gasteiger partial charge in [0, 0.05) is 17.2 Å². The summed E-state index contributed by atoms with van der Waals surface area (Å²) in [7, 11) is 0. The van der Waals surface area contributed by atoms with Crippen LogP contribution in [0.1, 0.15) is 42.3 Å². The molecule has 1 aromatic rings. The molecule has 5 rings (SSSR count). The third-order valence-electron chi connectivity index (χ3n) is 5.11. The van der Waals surface area contributed by atoms with Crippen molar-refractivity contribution in [3.63, 3.8) is 0 Å². The first-order valence-electron chi connectivity index (χ1n) is 7.93. The van der Waals surface area contributed by atoms with E-state index in [1.807, 2.05) is 0 Å². The van der Waals surface area contributed by atoms with E-state index in [0.717, 1.165) is 30.9 Å². The van der Waals surface area contributed by atoms with Gasteiger partial charge in [-0.15, -0.1) is 0 Å². The van der Waals surface area contributed by atoms with Crippen molar-refractivity contribution in [2.24, 2.45) is 0 Å². The van der Waals surface area contributed by atoms with Crippen LogP contribution in [0.5, 0.6) is 0 Å². The number of carbonyl (C=O) groups is 2. The number of aromatic nitrogens is 2. The van der Waals surface area contributed by atoms with Crippen molar-refractivity contribution < 1.29 is 9.59 Å². The molecule has 1 saturated carbocycles. The average Bonchev–Trinajstić information content (AvgIpc) is 3.11. The maximum Gasteiger partial charge on any atom is 0.322 e. The standard InChI is InChI=1S/C15H17N5O2/c21-13-15(19-14(22)18-13)6-20(7-15)12-9-2-1-3-10(9)16-11(17-12)8-4-5-8/h8H,1-7H2,(H2,18,19,21,22). The van der Waals surface area contributed by atoms with Crippen molar-refractivity contribution in [3.05, 3.63) is 17.1 Å². The van der Waals surface area contributed by atoms with E-state index in [2.05, 4.69) is 15.5 Å². The number of fused-ring (bicyclic) bond motifs is 1. The molecule has 2 saturated heterocycles. The van der Waals surface area contributed by atoms with Crippen molar-refractivity contribution in [3.8, 4) is 0 Å². The van der Waals surface area contributed by atoms with Crippen LogP contribution >= 0.6 is 0 Å². The van der Waals surface area contributed by atoms with Crippen LogP contribution in [0.15, 0.2) is 0 Å². The predicted octanol–water partition coefficient (Wildman–Crippen LogP) is 0.241. The summed E-state index contributed by atoms with van der Waals surface area (Å²) in [5.74, 6) is 2.26. The number of imide groups is 1. The van der Waals surface area contributed by atoms with Crippen molar-refractivity contribution in [2.75, 3.05) is 18.0 Å². The van der Waals surface area contributed by atoms with Gasteiger partial charge >= 0.3 is 6.03 Å². The Labute approximate surface area is 127 Å². The van der Waals surface area contributed by atoms with E-state index in [1.54, 1.807) is 0 Å². The molecule has 0 atom stereocenters. The Morgan fingerprint density at radius 1 is 1.14 bits per heavy atom. The van der Waals surface area contributed by atoms with Gasteiger partial charge in [-0.05, 0) is 32.1 Å². The lowest BCUT2D eigenvalue weighted by atomic mass is 9.89. The van der Waals surface area contributed by atoms with Gasteiger partial charge < -0.3 is 10.2 Å². The first-order chi connectivity index (χ1) is 10.6. The lowest BCUT2D eigenvalue weighted by Crippen LogP contribution is -2.71. The highest BCUT2D eigenvalue weighted by Crippen LogP contribution is 2.42.